The lowest BCUT2D eigenvalue weighted by Crippen LogP contribution is -2.30. The number of hydrogen-bond acceptors (Lipinski definition) is 2. The monoisotopic (exact) mass is 298 g/mol. The topological polar surface area (TPSA) is 33.2 Å². The number of carbonyl (C=O) groups is 1. The second kappa shape index (κ2) is 6.92. The minimum Gasteiger partial charge on any atom is -0.324 e. The molecule has 1 aromatic carbocycles. The Balaban J connectivity index is 2.46. The van der Waals surface area contributed by atoms with Gasteiger partial charge in [-0.2, -0.15) is 0 Å². The Morgan fingerprint density at radius 3 is 2.29 bits per heavy atom. The first-order chi connectivity index (χ1) is 10.1. The van der Waals surface area contributed by atoms with Crippen molar-refractivity contribution in [1.29, 1.82) is 0 Å². The zero-order chi connectivity index (χ0) is 15.2. The smallest absolute Gasteiger partial charge is 0.298 e. The number of hydrogen-bond donors (Lipinski definition) is 0. The van der Waals surface area contributed by atoms with Gasteiger partial charge in [-0.25, -0.2) is 0 Å². The van der Waals surface area contributed by atoms with Crippen LogP contribution in [0.4, 0.5) is 0 Å². The molecule has 0 saturated carbocycles. The Labute approximate surface area is 129 Å². The largest absolute Gasteiger partial charge is 0.324 e. The summed E-state index contributed by atoms with van der Waals surface area (Å²) in [4.78, 5) is 17.8. The van der Waals surface area contributed by atoms with Crippen LogP contribution in [-0.2, 0) is 4.79 Å². The van der Waals surface area contributed by atoms with E-state index in [2.05, 4.69) is 16.8 Å². The van der Waals surface area contributed by atoms with Crippen LogP contribution in [0.15, 0.2) is 48.8 Å². The van der Waals surface area contributed by atoms with E-state index in [0.717, 1.165) is 11.1 Å². The van der Waals surface area contributed by atoms with E-state index in [1.54, 1.807) is 31.3 Å². The second-order valence-corrected chi connectivity index (χ2v) is 4.96. The van der Waals surface area contributed by atoms with Gasteiger partial charge in [0.25, 0.3) is 5.91 Å². The lowest BCUT2D eigenvalue weighted by molar-refractivity contribution is -0.125. The van der Waals surface area contributed by atoms with Gasteiger partial charge in [0.05, 0.1) is 6.04 Å². The molecule has 1 amide bonds. The Hall–Kier alpha value is -2.31. The number of amides is 1. The molecule has 0 N–H and O–H groups in total. The van der Waals surface area contributed by atoms with Gasteiger partial charge in [-0.05, 0) is 48.2 Å². The van der Waals surface area contributed by atoms with E-state index < -0.39 is 0 Å². The number of benzene rings is 1. The van der Waals surface area contributed by atoms with Crippen molar-refractivity contribution in [3.8, 4) is 11.8 Å². The van der Waals surface area contributed by atoms with Crippen LogP contribution < -0.4 is 0 Å². The molecule has 0 fully saturated rings. The first-order valence-corrected chi connectivity index (χ1v) is 6.86. The van der Waals surface area contributed by atoms with Gasteiger partial charge in [0, 0.05) is 24.5 Å². The summed E-state index contributed by atoms with van der Waals surface area (Å²) in [7, 11) is 1.74. The zero-order valence-corrected chi connectivity index (χ0v) is 12.6. The van der Waals surface area contributed by atoms with E-state index in [4.69, 9.17) is 11.6 Å². The quantitative estimate of drug-likeness (QED) is 0.815. The third kappa shape index (κ3) is 3.62. The molecule has 0 bridgehead atoms. The molecular formula is C17H15ClN2O. The molecule has 106 valence electrons. The van der Waals surface area contributed by atoms with E-state index in [-0.39, 0.29) is 11.9 Å². The highest BCUT2D eigenvalue weighted by atomic mass is 35.5. The maximum Gasteiger partial charge on any atom is 0.298 e. The molecule has 1 atom stereocenters. The van der Waals surface area contributed by atoms with Crippen molar-refractivity contribution in [3.05, 3.63) is 64.9 Å². The SMILES string of the molecule is CC#CC(=O)N(C)C(c1ccncc1)c1ccc(Cl)cc1. The maximum absolute atomic E-state index is 12.1. The predicted octanol–water partition coefficient (Wildman–Crippen LogP) is 3.31. The Morgan fingerprint density at radius 2 is 1.71 bits per heavy atom. The molecule has 1 aromatic heterocycles. The van der Waals surface area contributed by atoms with Gasteiger partial charge in [-0.1, -0.05) is 29.7 Å². The Morgan fingerprint density at radius 1 is 1.14 bits per heavy atom. The highest BCUT2D eigenvalue weighted by Gasteiger charge is 2.22. The lowest BCUT2D eigenvalue weighted by atomic mass is 9.98. The fraction of sp³-hybridized carbons (Fsp3) is 0.176. The number of rotatable bonds is 3. The lowest BCUT2D eigenvalue weighted by Gasteiger charge is -2.27. The molecule has 3 nitrogen and oxygen atoms in total. The molecule has 0 saturated heterocycles. The Kier molecular flexibility index (Phi) is 4.97. The average molecular weight is 299 g/mol. The summed E-state index contributed by atoms with van der Waals surface area (Å²) in [5, 5.41) is 0.662. The van der Waals surface area contributed by atoms with Crippen LogP contribution in [0, 0.1) is 11.8 Å². The van der Waals surface area contributed by atoms with E-state index in [1.165, 1.54) is 0 Å². The van der Waals surface area contributed by atoms with Crippen molar-refractivity contribution in [2.24, 2.45) is 0 Å². The van der Waals surface area contributed by atoms with E-state index in [9.17, 15) is 4.79 Å². The minimum atomic E-state index is -0.228. The van der Waals surface area contributed by atoms with Crippen LogP contribution >= 0.6 is 11.6 Å². The number of nitrogens with zero attached hydrogens (tertiary/aromatic N) is 2. The van der Waals surface area contributed by atoms with Crippen molar-refractivity contribution in [1.82, 2.24) is 9.88 Å². The van der Waals surface area contributed by atoms with Crippen LogP contribution in [0.5, 0.6) is 0 Å². The normalized spacial score (nSPS) is 11.2. The highest BCUT2D eigenvalue weighted by Crippen LogP contribution is 2.28. The van der Waals surface area contributed by atoms with Gasteiger partial charge < -0.3 is 4.90 Å². The molecule has 21 heavy (non-hydrogen) atoms. The van der Waals surface area contributed by atoms with Gasteiger partial charge in [0.15, 0.2) is 0 Å². The van der Waals surface area contributed by atoms with Gasteiger partial charge in [0.2, 0.25) is 0 Å². The van der Waals surface area contributed by atoms with Gasteiger partial charge in [0.1, 0.15) is 0 Å². The Bertz CT molecular complexity index is 671. The number of aromatic nitrogens is 1. The molecular weight excluding hydrogens is 284 g/mol. The minimum absolute atomic E-state index is 0.224. The first-order valence-electron chi connectivity index (χ1n) is 6.48. The van der Waals surface area contributed by atoms with Crippen LogP contribution in [0.2, 0.25) is 5.02 Å². The van der Waals surface area contributed by atoms with E-state index in [1.807, 2.05) is 36.4 Å². The van der Waals surface area contributed by atoms with Crippen molar-refractivity contribution in [3.63, 3.8) is 0 Å². The molecule has 2 rings (SSSR count). The summed E-state index contributed by atoms with van der Waals surface area (Å²) in [6.07, 6.45) is 3.42. The van der Waals surface area contributed by atoms with E-state index in [0.29, 0.717) is 5.02 Å². The summed E-state index contributed by atoms with van der Waals surface area (Å²) >= 11 is 5.94. The van der Waals surface area contributed by atoms with Crippen molar-refractivity contribution in [2.45, 2.75) is 13.0 Å². The fourth-order valence-electron chi connectivity index (χ4n) is 2.14. The van der Waals surface area contributed by atoms with Crippen molar-refractivity contribution in [2.75, 3.05) is 7.05 Å². The van der Waals surface area contributed by atoms with Crippen molar-refractivity contribution >= 4 is 17.5 Å². The third-order valence-electron chi connectivity index (χ3n) is 3.15. The number of carbonyl (C=O) groups excluding carboxylic acids is 1. The zero-order valence-electron chi connectivity index (χ0n) is 11.9. The molecule has 1 heterocycles. The molecule has 0 aliphatic heterocycles. The maximum atomic E-state index is 12.1. The summed E-state index contributed by atoms with van der Waals surface area (Å²) in [6, 6.07) is 11.0. The molecule has 2 aromatic rings. The van der Waals surface area contributed by atoms with Crippen LogP contribution in [-0.4, -0.2) is 22.8 Å². The summed E-state index contributed by atoms with van der Waals surface area (Å²) in [5.74, 6) is 4.99. The van der Waals surface area contributed by atoms with Crippen LogP contribution in [0.1, 0.15) is 24.1 Å². The molecule has 0 aliphatic rings. The first kappa shape index (κ1) is 15.1. The average Bonchev–Trinajstić information content (AvgIpc) is 2.50. The summed E-state index contributed by atoms with van der Waals surface area (Å²) in [5.41, 5.74) is 1.94. The third-order valence-corrected chi connectivity index (χ3v) is 3.40. The molecule has 1 unspecified atom stereocenters. The highest BCUT2D eigenvalue weighted by molar-refractivity contribution is 6.30. The van der Waals surface area contributed by atoms with Crippen LogP contribution in [0.3, 0.4) is 0 Å². The van der Waals surface area contributed by atoms with Gasteiger partial charge in [-0.15, -0.1) is 0 Å². The number of pyridine rings is 1. The molecule has 4 heteroatoms. The molecule has 0 radical (unpaired) electrons. The van der Waals surface area contributed by atoms with Gasteiger partial charge >= 0.3 is 0 Å². The van der Waals surface area contributed by atoms with Crippen LogP contribution in [0.25, 0.3) is 0 Å². The fourth-order valence-corrected chi connectivity index (χ4v) is 2.27. The van der Waals surface area contributed by atoms with Gasteiger partial charge in [-0.3, -0.25) is 9.78 Å². The molecule has 0 spiro atoms. The van der Waals surface area contributed by atoms with E-state index >= 15 is 0 Å². The second-order valence-electron chi connectivity index (χ2n) is 4.53. The standard InChI is InChI=1S/C17H15ClN2O/c1-3-4-16(21)20(2)17(14-9-11-19-12-10-14)13-5-7-15(18)8-6-13/h5-12,17H,1-2H3. The summed E-state index contributed by atoms with van der Waals surface area (Å²) < 4.78 is 0. The predicted molar refractivity (Wildman–Crippen MR) is 83.8 cm³/mol. The van der Waals surface area contributed by atoms with Crippen molar-refractivity contribution < 1.29 is 4.79 Å². The molecule has 0 aliphatic carbocycles. The summed E-state index contributed by atoms with van der Waals surface area (Å²) in [6.45, 7) is 1.65. The number of halogens is 1.